The number of carboxylic acids is 1. The van der Waals surface area contributed by atoms with Gasteiger partial charge in [0, 0.05) is 23.4 Å². The lowest BCUT2D eigenvalue weighted by Gasteiger charge is -2.11. The standard InChI is InChI=1S/C14H12FNO4/c15-10-6-11(16)9(14(18)19)5-13(10)20-12-4-2-1-3-8(12)7-17/h1-6,17H,7,16H2,(H,18,19). The number of benzene rings is 2. The van der Waals surface area contributed by atoms with Gasteiger partial charge < -0.3 is 20.7 Å². The van der Waals surface area contributed by atoms with Crippen LogP contribution in [0.1, 0.15) is 15.9 Å². The van der Waals surface area contributed by atoms with Gasteiger partial charge in [0.2, 0.25) is 0 Å². The molecule has 0 bridgehead atoms. The van der Waals surface area contributed by atoms with Crippen LogP contribution in [0.3, 0.4) is 0 Å². The molecular formula is C14H12FNO4. The van der Waals surface area contributed by atoms with Crippen molar-refractivity contribution >= 4 is 11.7 Å². The van der Waals surface area contributed by atoms with Gasteiger partial charge in [0.1, 0.15) is 5.75 Å². The monoisotopic (exact) mass is 277 g/mol. The van der Waals surface area contributed by atoms with Crippen LogP contribution < -0.4 is 10.5 Å². The maximum atomic E-state index is 13.8. The summed E-state index contributed by atoms with van der Waals surface area (Å²) in [4.78, 5) is 11.0. The predicted molar refractivity (Wildman–Crippen MR) is 70.2 cm³/mol. The predicted octanol–water partition coefficient (Wildman–Crippen LogP) is 2.39. The number of anilines is 1. The summed E-state index contributed by atoms with van der Waals surface area (Å²) < 4.78 is 19.1. The van der Waals surface area contributed by atoms with Crippen LogP contribution in [0, 0.1) is 5.82 Å². The number of hydrogen-bond acceptors (Lipinski definition) is 4. The molecule has 0 aliphatic rings. The molecule has 20 heavy (non-hydrogen) atoms. The van der Waals surface area contributed by atoms with Crippen molar-refractivity contribution in [2.75, 3.05) is 5.73 Å². The van der Waals surface area contributed by atoms with E-state index in [-0.39, 0.29) is 29.4 Å². The van der Waals surface area contributed by atoms with Crippen molar-refractivity contribution in [1.29, 1.82) is 0 Å². The van der Waals surface area contributed by atoms with Gasteiger partial charge in [0.05, 0.1) is 12.2 Å². The Labute approximate surface area is 114 Å². The topological polar surface area (TPSA) is 92.8 Å². The molecule has 0 aliphatic carbocycles. The second kappa shape index (κ2) is 5.58. The third kappa shape index (κ3) is 2.70. The van der Waals surface area contributed by atoms with E-state index in [1.807, 2.05) is 0 Å². The lowest BCUT2D eigenvalue weighted by Crippen LogP contribution is -2.04. The molecule has 0 spiro atoms. The fraction of sp³-hybridized carbons (Fsp3) is 0.0714. The van der Waals surface area contributed by atoms with Crippen molar-refractivity contribution in [2.45, 2.75) is 6.61 Å². The number of aromatic carboxylic acids is 1. The summed E-state index contributed by atoms with van der Waals surface area (Å²) in [7, 11) is 0. The summed E-state index contributed by atoms with van der Waals surface area (Å²) in [5.74, 6) is -2.07. The second-order valence-electron chi connectivity index (χ2n) is 4.04. The van der Waals surface area contributed by atoms with Crippen LogP contribution in [0.2, 0.25) is 0 Å². The van der Waals surface area contributed by atoms with Gasteiger partial charge in [-0.15, -0.1) is 0 Å². The third-order valence-electron chi connectivity index (χ3n) is 2.70. The van der Waals surface area contributed by atoms with Gasteiger partial charge in [-0.1, -0.05) is 18.2 Å². The molecule has 0 amide bonds. The molecule has 0 unspecified atom stereocenters. The minimum atomic E-state index is -1.28. The summed E-state index contributed by atoms with van der Waals surface area (Å²) in [5, 5.41) is 18.1. The Morgan fingerprint density at radius 1 is 1.25 bits per heavy atom. The quantitative estimate of drug-likeness (QED) is 0.746. The molecule has 6 heteroatoms. The number of carboxylic acid groups (broad SMARTS) is 1. The van der Waals surface area contributed by atoms with E-state index >= 15 is 0 Å². The van der Waals surface area contributed by atoms with E-state index in [1.54, 1.807) is 24.3 Å². The summed E-state index contributed by atoms with van der Waals surface area (Å²) >= 11 is 0. The Morgan fingerprint density at radius 2 is 1.95 bits per heavy atom. The smallest absolute Gasteiger partial charge is 0.337 e. The maximum absolute atomic E-state index is 13.8. The summed E-state index contributed by atoms with van der Waals surface area (Å²) in [6, 6.07) is 8.41. The van der Waals surface area contributed by atoms with Crippen LogP contribution in [0.25, 0.3) is 0 Å². The van der Waals surface area contributed by atoms with E-state index in [4.69, 9.17) is 20.7 Å². The van der Waals surface area contributed by atoms with E-state index in [2.05, 4.69) is 0 Å². The molecule has 0 fully saturated rings. The van der Waals surface area contributed by atoms with Crippen LogP contribution in [0.4, 0.5) is 10.1 Å². The number of halogens is 1. The van der Waals surface area contributed by atoms with Crippen molar-refractivity contribution in [3.05, 3.63) is 53.3 Å². The zero-order valence-electron chi connectivity index (χ0n) is 10.3. The molecule has 0 radical (unpaired) electrons. The van der Waals surface area contributed by atoms with Crippen molar-refractivity contribution in [1.82, 2.24) is 0 Å². The number of ether oxygens (including phenoxy) is 1. The first-order valence-electron chi connectivity index (χ1n) is 5.72. The lowest BCUT2D eigenvalue weighted by atomic mass is 10.1. The van der Waals surface area contributed by atoms with Crippen LogP contribution >= 0.6 is 0 Å². The minimum absolute atomic E-state index is 0.183. The van der Waals surface area contributed by atoms with E-state index in [1.165, 1.54) is 0 Å². The number of hydrogen-bond donors (Lipinski definition) is 3. The highest BCUT2D eigenvalue weighted by atomic mass is 19.1. The fourth-order valence-corrected chi connectivity index (χ4v) is 1.68. The molecule has 104 valence electrons. The number of nitrogens with two attached hydrogens (primary N) is 1. The van der Waals surface area contributed by atoms with Crippen LogP contribution in [0.15, 0.2) is 36.4 Å². The molecule has 2 aromatic rings. The van der Waals surface area contributed by atoms with Gasteiger partial charge in [0.25, 0.3) is 0 Å². The zero-order valence-corrected chi connectivity index (χ0v) is 10.3. The lowest BCUT2D eigenvalue weighted by molar-refractivity contribution is 0.0697. The number of para-hydroxylation sites is 1. The third-order valence-corrected chi connectivity index (χ3v) is 2.70. The summed E-state index contributed by atoms with van der Waals surface area (Å²) in [6.45, 7) is -0.279. The first-order valence-corrected chi connectivity index (χ1v) is 5.72. The van der Waals surface area contributed by atoms with E-state index in [0.717, 1.165) is 12.1 Å². The van der Waals surface area contributed by atoms with E-state index in [9.17, 15) is 9.18 Å². The van der Waals surface area contributed by atoms with Crippen molar-refractivity contribution in [3.8, 4) is 11.5 Å². The zero-order chi connectivity index (χ0) is 14.7. The summed E-state index contributed by atoms with van der Waals surface area (Å²) in [5.41, 5.74) is 5.45. The first-order chi connectivity index (χ1) is 9.52. The molecule has 0 atom stereocenters. The number of carbonyl (C=O) groups is 1. The van der Waals surface area contributed by atoms with Crippen LogP contribution in [-0.2, 0) is 6.61 Å². The maximum Gasteiger partial charge on any atom is 0.337 e. The number of aliphatic hydroxyl groups is 1. The average Bonchev–Trinajstić information content (AvgIpc) is 2.42. The number of aliphatic hydroxyl groups excluding tert-OH is 1. The minimum Gasteiger partial charge on any atom is -0.478 e. The summed E-state index contributed by atoms with van der Waals surface area (Å²) in [6.07, 6.45) is 0. The van der Waals surface area contributed by atoms with Gasteiger partial charge in [-0.25, -0.2) is 9.18 Å². The van der Waals surface area contributed by atoms with E-state index in [0.29, 0.717) is 5.56 Å². The number of rotatable bonds is 4. The van der Waals surface area contributed by atoms with Gasteiger partial charge >= 0.3 is 5.97 Å². The molecule has 4 N–H and O–H groups in total. The molecule has 0 aliphatic heterocycles. The number of nitrogen functional groups attached to an aromatic ring is 1. The average molecular weight is 277 g/mol. The molecule has 0 saturated carbocycles. The van der Waals surface area contributed by atoms with Gasteiger partial charge in [0.15, 0.2) is 11.6 Å². The fourth-order valence-electron chi connectivity index (χ4n) is 1.68. The molecule has 0 heterocycles. The molecule has 0 saturated heterocycles. The molecule has 2 rings (SSSR count). The highest BCUT2D eigenvalue weighted by molar-refractivity contribution is 5.94. The SMILES string of the molecule is Nc1cc(F)c(Oc2ccccc2CO)cc1C(=O)O. The van der Waals surface area contributed by atoms with Crippen molar-refractivity contribution < 1.29 is 24.1 Å². The Bertz CT molecular complexity index is 658. The Balaban J connectivity index is 2.43. The Hall–Kier alpha value is -2.60. The largest absolute Gasteiger partial charge is 0.478 e. The van der Waals surface area contributed by atoms with Crippen LogP contribution in [0.5, 0.6) is 11.5 Å². The Morgan fingerprint density at radius 3 is 2.60 bits per heavy atom. The van der Waals surface area contributed by atoms with Gasteiger partial charge in [-0.05, 0) is 6.07 Å². The van der Waals surface area contributed by atoms with Crippen LogP contribution in [-0.4, -0.2) is 16.2 Å². The molecule has 5 nitrogen and oxygen atoms in total. The van der Waals surface area contributed by atoms with Gasteiger partial charge in [-0.2, -0.15) is 0 Å². The first kappa shape index (κ1) is 13.8. The Kier molecular flexibility index (Phi) is 3.86. The molecule has 2 aromatic carbocycles. The highest BCUT2D eigenvalue weighted by Gasteiger charge is 2.15. The molecular weight excluding hydrogens is 265 g/mol. The normalized spacial score (nSPS) is 10.3. The second-order valence-corrected chi connectivity index (χ2v) is 4.04. The van der Waals surface area contributed by atoms with Gasteiger partial charge in [-0.3, -0.25) is 0 Å². The van der Waals surface area contributed by atoms with Crippen molar-refractivity contribution in [2.24, 2.45) is 0 Å². The van der Waals surface area contributed by atoms with E-state index < -0.39 is 11.8 Å². The highest BCUT2D eigenvalue weighted by Crippen LogP contribution is 2.30. The molecule has 0 aromatic heterocycles. The van der Waals surface area contributed by atoms with Crippen molar-refractivity contribution in [3.63, 3.8) is 0 Å².